The van der Waals surface area contributed by atoms with Gasteiger partial charge in [0, 0.05) is 26.6 Å². The molecule has 0 saturated heterocycles. The first kappa shape index (κ1) is 40.5. The van der Waals surface area contributed by atoms with Crippen LogP contribution in [0.4, 0.5) is 0 Å². The second kappa shape index (κ2) is 23.9. The second-order valence-corrected chi connectivity index (χ2v) is 18.9. The van der Waals surface area contributed by atoms with Crippen molar-refractivity contribution in [1.82, 2.24) is 0 Å². The summed E-state index contributed by atoms with van der Waals surface area (Å²) in [5.74, 6) is -0.711. The van der Waals surface area contributed by atoms with Crippen molar-refractivity contribution in [3.8, 4) is 0 Å². The molecule has 6 heteroatoms. The highest BCUT2D eigenvalue weighted by atomic mass is 28.4. The number of carbonyl (C=O) groups is 1. The molecule has 0 spiro atoms. The Morgan fingerprint density at radius 3 is 1.59 bits per heavy atom. The van der Waals surface area contributed by atoms with Crippen molar-refractivity contribution in [2.24, 2.45) is 0 Å². The Balaban J connectivity index is 4.48. The quantitative estimate of drug-likeness (QED) is 0.0224. The summed E-state index contributed by atoms with van der Waals surface area (Å²) >= 11 is 0. The molecule has 0 radical (unpaired) electrons. The monoisotopic (exact) mass is 598 g/mol. The molecular formula is C35H70O5Si. The molecule has 0 aromatic rings. The minimum Gasteiger partial charge on any atom is -0.416 e. The Morgan fingerprint density at radius 1 is 0.732 bits per heavy atom. The van der Waals surface area contributed by atoms with Crippen molar-refractivity contribution < 1.29 is 23.7 Å². The number of allylic oxidation sites excluding steroid dienone is 1. The molecule has 5 nitrogen and oxygen atoms in total. The van der Waals surface area contributed by atoms with Crippen LogP contribution in [-0.4, -0.2) is 39.7 Å². The van der Waals surface area contributed by atoms with Gasteiger partial charge in [-0.1, -0.05) is 132 Å². The number of hydrogen-bond donors (Lipinski definition) is 0. The predicted molar refractivity (Wildman–Crippen MR) is 178 cm³/mol. The number of ether oxygens (including phenoxy) is 1. The normalized spacial score (nSPS) is 13.8. The van der Waals surface area contributed by atoms with Crippen molar-refractivity contribution in [2.45, 2.75) is 194 Å². The SMILES string of the molecule is CCCCCCCCCCCCCCCCC(=O)/C=C/[C@H](CCO[Si](C(C)C)(C(C)C)C(C)C)OOC(C)(C)OC. The molecule has 0 saturated carbocycles. The van der Waals surface area contributed by atoms with Crippen LogP contribution in [0.3, 0.4) is 0 Å². The lowest BCUT2D eigenvalue weighted by molar-refractivity contribution is -0.425. The first-order chi connectivity index (χ1) is 19.4. The first-order valence-electron chi connectivity index (χ1n) is 17.2. The number of ketones is 1. The van der Waals surface area contributed by atoms with Crippen LogP contribution in [0.2, 0.25) is 16.6 Å². The van der Waals surface area contributed by atoms with E-state index in [2.05, 4.69) is 48.5 Å². The number of hydrogen-bond acceptors (Lipinski definition) is 5. The Labute approximate surface area is 257 Å². The fourth-order valence-electron chi connectivity index (χ4n) is 6.03. The van der Waals surface area contributed by atoms with Crippen LogP contribution in [0.1, 0.15) is 165 Å². The predicted octanol–water partition coefficient (Wildman–Crippen LogP) is 11.3. The summed E-state index contributed by atoms with van der Waals surface area (Å²) in [5.41, 5.74) is 1.56. The fraction of sp³-hybridized carbons (Fsp3) is 0.914. The first-order valence-corrected chi connectivity index (χ1v) is 19.3. The lowest BCUT2D eigenvalue weighted by Crippen LogP contribution is -2.48. The van der Waals surface area contributed by atoms with E-state index in [0.29, 0.717) is 36.1 Å². The van der Waals surface area contributed by atoms with E-state index in [9.17, 15) is 4.79 Å². The Hall–Kier alpha value is -0.533. The molecule has 0 aromatic heterocycles. The fourth-order valence-corrected chi connectivity index (χ4v) is 11.5. The van der Waals surface area contributed by atoms with Gasteiger partial charge in [0.2, 0.25) is 0 Å². The van der Waals surface area contributed by atoms with Gasteiger partial charge in [0.25, 0.3) is 0 Å². The Morgan fingerprint density at radius 2 is 1.17 bits per heavy atom. The van der Waals surface area contributed by atoms with Crippen LogP contribution < -0.4 is 0 Å². The molecule has 0 heterocycles. The molecule has 0 bridgehead atoms. The molecule has 1 atom stereocenters. The van der Waals surface area contributed by atoms with Crippen molar-refractivity contribution in [2.75, 3.05) is 13.7 Å². The van der Waals surface area contributed by atoms with Gasteiger partial charge in [-0.3, -0.25) is 4.79 Å². The molecule has 0 aromatic carbocycles. The van der Waals surface area contributed by atoms with Crippen molar-refractivity contribution >= 4 is 14.1 Å². The van der Waals surface area contributed by atoms with Crippen molar-refractivity contribution in [3.63, 3.8) is 0 Å². The maximum Gasteiger partial charge on any atom is 0.200 e. The van der Waals surface area contributed by atoms with Gasteiger partial charge in [0.1, 0.15) is 6.10 Å². The molecule has 244 valence electrons. The molecule has 0 N–H and O–H groups in total. The largest absolute Gasteiger partial charge is 0.416 e. The minimum absolute atomic E-state index is 0.153. The topological polar surface area (TPSA) is 54.0 Å². The zero-order valence-electron chi connectivity index (χ0n) is 29.0. The highest BCUT2D eigenvalue weighted by Gasteiger charge is 2.45. The van der Waals surface area contributed by atoms with Gasteiger partial charge in [0.15, 0.2) is 19.9 Å². The van der Waals surface area contributed by atoms with Crippen molar-refractivity contribution in [1.29, 1.82) is 0 Å². The lowest BCUT2D eigenvalue weighted by Gasteiger charge is -2.42. The molecule has 0 aliphatic rings. The van der Waals surface area contributed by atoms with Gasteiger partial charge < -0.3 is 9.16 Å². The summed E-state index contributed by atoms with van der Waals surface area (Å²) in [5, 5.41) is 0. The van der Waals surface area contributed by atoms with Gasteiger partial charge >= 0.3 is 0 Å². The molecule has 0 unspecified atom stereocenters. The summed E-state index contributed by atoms with van der Waals surface area (Å²) in [6, 6.07) is 0. The van der Waals surface area contributed by atoms with E-state index in [1.165, 1.54) is 77.0 Å². The minimum atomic E-state index is -1.96. The van der Waals surface area contributed by atoms with E-state index in [0.717, 1.165) is 12.8 Å². The maximum absolute atomic E-state index is 12.6. The molecule has 0 aliphatic carbocycles. The molecule has 0 aliphatic heterocycles. The standard InChI is InChI=1S/C35H70O5Si/c1-11-12-13-14-15-16-17-18-19-20-21-22-23-24-25-33(36)26-27-34(39-40-35(8,9)37-10)28-29-38-41(30(2)3,31(4)5)32(6)7/h26-27,30-32,34H,11-25,28-29H2,1-10H3/b27-26+/t34-/m1/s1. The van der Waals surface area contributed by atoms with Crippen LogP contribution in [-0.2, 0) is 23.7 Å². The van der Waals surface area contributed by atoms with Crippen LogP contribution in [0.25, 0.3) is 0 Å². The highest BCUT2D eigenvalue weighted by Crippen LogP contribution is 2.42. The Kier molecular flexibility index (Phi) is 23.6. The van der Waals surface area contributed by atoms with Crippen LogP contribution >= 0.6 is 0 Å². The van der Waals surface area contributed by atoms with E-state index >= 15 is 0 Å². The molecule has 41 heavy (non-hydrogen) atoms. The van der Waals surface area contributed by atoms with E-state index < -0.39 is 14.1 Å². The molecule has 0 fully saturated rings. The molecular weight excluding hydrogens is 528 g/mol. The summed E-state index contributed by atoms with van der Waals surface area (Å²) < 4.78 is 12.1. The average Bonchev–Trinajstić information content (AvgIpc) is 2.91. The number of rotatable bonds is 28. The molecule has 0 rings (SSSR count). The number of unbranched alkanes of at least 4 members (excludes halogenated alkanes) is 13. The van der Waals surface area contributed by atoms with Crippen LogP contribution in [0, 0.1) is 0 Å². The van der Waals surface area contributed by atoms with Gasteiger partial charge in [-0.2, -0.15) is 0 Å². The second-order valence-electron chi connectivity index (χ2n) is 13.4. The average molecular weight is 599 g/mol. The van der Waals surface area contributed by atoms with E-state index in [1.54, 1.807) is 27.0 Å². The van der Waals surface area contributed by atoms with Gasteiger partial charge in [-0.25, -0.2) is 9.78 Å². The van der Waals surface area contributed by atoms with Gasteiger partial charge in [-0.05, 0) is 49.0 Å². The van der Waals surface area contributed by atoms with Crippen LogP contribution in [0.5, 0.6) is 0 Å². The number of carbonyl (C=O) groups excluding carboxylic acids is 1. The van der Waals surface area contributed by atoms with Crippen LogP contribution in [0.15, 0.2) is 12.2 Å². The summed E-state index contributed by atoms with van der Waals surface area (Å²) in [4.78, 5) is 23.9. The zero-order valence-corrected chi connectivity index (χ0v) is 30.0. The third kappa shape index (κ3) is 18.7. The third-order valence-corrected chi connectivity index (χ3v) is 14.7. The van der Waals surface area contributed by atoms with Gasteiger partial charge in [0.05, 0.1) is 0 Å². The van der Waals surface area contributed by atoms with E-state index in [-0.39, 0.29) is 11.9 Å². The molecule has 0 amide bonds. The lowest BCUT2D eigenvalue weighted by atomic mass is 10.0. The van der Waals surface area contributed by atoms with E-state index in [1.807, 2.05) is 6.08 Å². The van der Waals surface area contributed by atoms with E-state index in [4.69, 9.17) is 18.9 Å². The van der Waals surface area contributed by atoms with Gasteiger partial charge in [-0.15, -0.1) is 0 Å². The summed E-state index contributed by atoms with van der Waals surface area (Å²) in [6.07, 6.45) is 22.8. The summed E-state index contributed by atoms with van der Waals surface area (Å²) in [7, 11) is -0.376. The highest BCUT2D eigenvalue weighted by molar-refractivity contribution is 6.77. The summed E-state index contributed by atoms with van der Waals surface area (Å²) in [6.45, 7) is 20.2. The maximum atomic E-state index is 12.6. The smallest absolute Gasteiger partial charge is 0.200 e. The zero-order chi connectivity index (χ0) is 31.2. The van der Waals surface area contributed by atoms with Crippen molar-refractivity contribution in [3.05, 3.63) is 12.2 Å². The number of methoxy groups -OCH3 is 1. The Bertz CT molecular complexity index is 637. The third-order valence-electron chi connectivity index (χ3n) is 8.60.